The lowest BCUT2D eigenvalue weighted by Gasteiger charge is -2.29. The first-order valence-electron chi connectivity index (χ1n) is 8.98. The number of hydrogen-bond acceptors (Lipinski definition) is 3. The van der Waals surface area contributed by atoms with Gasteiger partial charge in [0, 0.05) is 18.1 Å². The molecule has 1 saturated carbocycles. The van der Waals surface area contributed by atoms with Gasteiger partial charge in [0.2, 0.25) is 5.91 Å². The van der Waals surface area contributed by atoms with Crippen molar-refractivity contribution < 1.29 is 13.2 Å². The number of halogens is 1. The van der Waals surface area contributed by atoms with E-state index in [0.717, 1.165) is 30.0 Å². The van der Waals surface area contributed by atoms with Gasteiger partial charge in [-0.15, -0.1) is 0 Å². The van der Waals surface area contributed by atoms with Crippen LogP contribution in [0.2, 0.25) is 5.02 Å². The third kappa shape index (κ3) is 4.45. The molecule has 27 heavy (non-hydrogen) atoms. The predicted octanol–water partition coefficient (Wildman–Crippen LogP) is 3.94. The third-order valence-corrected chi connectivity index (χ3v) is 7.03. The van der Waals surface area contributed by atoms with Crippen LogP contribution in [0, 0.1) is 0 Å². The summed E-state index contributed by atoms with van der Waals surface area (Å²) in [4.78, 5) is 14.7. The van der Waals surface area contributed by atoms with Crippen molar-refractivity contribution >= 4 is 33.2 Å². The highest BCUT2D eigenvalue weighted by Crippen LogP contribution is 2.27. The summed E-state index contributed by atoms with van der Waals surface area (Å²) in [6.07, 6.45) is 4.14. The van der Waals surface area contributed by atoms with Crippen molar-refractivity contribution in [1.82, 2.24) is 4.90 Å². The number of anilines is 1. The first-order valence-corrected chi connectivity index (χ1v) is 10.8. The van der Waals surface area contributed by atoms with Gasteiger partial charge in [-0.25, -0.2) is 8.42 Å². The number of likely N-dealkylation sites (N-methyl/N-ethyl adjacent to an activating group) is 1. The van der Waals surface area contributed by atoms with Crippen LogP contribution in [-0.2, 0) is 14.8 Å². The van der Waals surface area contributed by atoms with Crippen molar-refractivity contribution in [3.05, 3.63) is 59.6 Å². The quantitative estimate of drug-likeness (QED) is 0.730. The van der Waals surface area contributed by atoms with Gasteiger partial charge in [0.25, 0.3) is 10.0 Å². The van der Waals surface area contributed by atoms with Crippen molar-refractivity contribution in [3.8, 4) is 0 Å². The Morgan fingerprint density at radius 3 is 2.22 bits per heavy atom. The summed E-state index contributed by atoms with van der Waals surface area (Å²) < 4.78 is 27.6. The Bertz CT molecular complexity index is 879. The molecule has 2 aromatic rings. The molecule has 0 saturated heterocycles. The monoisotopic (exact) mass is 406 g/mol. The highest BCUT2D eigenvalue weighted by molar-refractivity contribution is 7.92. The minimum absolute atomic E-state index is 0.149. The Hall–Kier alpha value is -2.05. The van der Waals surface area contributed by atoms with Crippen LogP contribution in [0.5, 0.6) is 0 Å². The van der Waals surface area contributed by atoms with Crippen molar-refractivity contribution in [2.75, 3.05) is 17.9 Å². The largest absolute Gasteiger partial charge is 0.341 e. The zero-order valence-electron chi connectivity index (χ0n) is 15.2. The van der Waals surface area contributed by atoms with Crippen LogP contribution < -0.4 is 4.31 Å². The summed E-state index contributed by atoms with van der Waals surface area (Å²) in [5.41, 5.74) is 0.413. The average molecular weight is 407 g/mol. The Morgan fingerprint density at radius 1 is 1.04 bits per heavy atom. The van der Waals surface area contributed by atoms with Crippen LogP contribution in [0.25, 0.3) is 0 Å². The molecule has 0 aliphatic heterocycles. The first kappa shape index (κ1) is 19.7. The summed E-state index contributed by atoms with van der Waals surface area (Å²) in [6.45, 7) is -0.244. The SMILES string of the molecule is CN(C(=O)CN(c1ccc(Cl)cc1)S(=O)(=O)c1ccccc1)C1CCCC1. The fourth-order valence-corrected chi connectivity index (χ4v) is 4.93. The number of hydrogen-bond donors (Lipinski definition) is 0. The molecule has 0 heterocycles. The third-order valence-electron chi connectivity index (χ3n) is 4.99. The maximum Gasteiger partial charge on any atom is 0.264 e. The standard InChI is InChI=1S/C20H23ClN2O3S/c1-22(17-7-5-6-8-17)20(24)15-23(18-13-11-16(21)12-14-18)27(25,26)19-9-3-2-4-10-19/h2-4,9-14,17H,5-8,15H2,1H3. The lowest BCUT2D eigenvalue weighted by molar-refractivity contribution is -0.130. The molecule has 7 heteroatoms. The zero-order valence-corrected chi connectivity index (χ0v) is 16.8. The van der Waals surface area contributed by atoms with Gasteiger partial charge in [0.15, 0.2) is 0 Å². The average Bonchev–Trinajstić information content (AvgIpc) is 3.21. The number of carbonyl (C=O) groups is 1. The van der Waals surface area contributed by atoms with Crippen molar-refractivity contribution in [2.45, 2.75) is 36.6 Å². The molecule has 1 amide bonds. The number of carbonyl (C=O) groups excluding carboxylic acids is 1. The second-order valence-corrected chi connectivity index (χ2v) is 9.04. The molecule has 0 spiro atoms. The van der Waals surface area contributed by atoms with Gasteiger partial charge < -0.3 is 4.90 Å². The van der Waals surface area contributed by atoms with E-state index < -0.39 is 10.0 Å². The highest BCUT2D eigenvalue weighted by atomic mass is 35.5. The Morgan fingerprint density at radius 2 is 1.63 bits per heavy atom. The van der Waals surface area contributed by atoms with Gasteiger partial charge in [0.1, 0.15) is 6.54 Å². The van der Waals surface area contributed by atoms with E-state index in [0.29, 0.717) is 10.7 Å². The van der Waals surface area contributed by atoms with Gasteiger partial charge in [-0.05, 0) is 49.2 Å². The highest BCUT2D eigenvalue weighted by Gasteiger charge is 2.30. The number of benzene rings is 2. The van der Waals surface area contributed by atoms with Crippen LogP contribution >= 0.6 is 11.6 Å². The van der Waals surface area contributed by atoms with Crippen LogP contribution in [-0.4, -0.2) is 38.9 Å². The molecule has 1 aliphatic rings. The smallest absolute Gasteiger partial charge is 0.264 e. The Labute approximate surface area is 165 Å². The fraction of sp³-hybridized carbons (Fsp3) is 0.350. The second-order valence-electron chi connectivity index (χ2n) is 6.74. The van der Waals surface area contributed by atoms with Gasteiger partial charge in [0.05, 0.1) is 10.6 Å². The predicted molar refractivity (Wildman–Crippen MR) is 107 cm³/mol. The molecule has 0 radical (unpaired) electrons. The summed E-state index contributed by atoms with van der Waals surface area (Å²) in [5.74, 6) is -0.212. The molecular formula is C20H23ClN2O3S. The summed E-state index contributed by atoms with van der Waals surface area (Å²) in [5, 5.41) is 0.505. The minimum atomic E-state index is -3.88. The van der Waals surface area contributed by atoms with Crippen molar-refractivity contribution in [2.24, 2.45) is 0 Å². The van der Waals surface area contributed by atoms with Gasteiger partial charge in [-0.2, -0.15) is 0 Å². The van der Waals surface area contributed by atoms with Gasteiger partial charge in [-0.1, -0.05) is 42.6 Å². The molecule has 0 N–H and O–H groups in total. The normalized spacial score (nSPS) is 14.9. The molecule has 1 aliphatic carbocycles. The molecular weight excluding hydrogens is 384 g/mol. The second kappa shape index (κ2) is 8.31. The van der Waals surface area contributed by atoms with E-state index in [2.05, 4.69) is 0 Å². The van der Waals surface area contributed by atoms with E-state index in [4.69, 9.17) is 11.6 Å². The topological polar surface area (TPSA) is 57.7 Å². The number of amides is 1. The van der Waals surface area contributed by atoms with Crippen LogP contribution in [0.15, 0.2) is 59.5 Å². The maximum atomic E-state index is 13.2. The molecule has 0 bridgehead atoms. The van der Waals surface area contributed by atoms with Crippen LogP contribution in [0.1, 0.15) is 25.7 Å². The Balaban J connectivity index is 1.92. The number of rotatable bonds is 6. The molecule has 2 aromatic carbocycles. The lowest BCUT2D eigenvalue weighted by Crippen LogP contribution is -2.44. The van der Waals surface area contributed by atoms with E-state index in [9.17, 15) is 13.2 Å². The van der Waals surface area contributed by atoms with Crippen LogP contribution in [0.4, 0.5) is 5.69 Å². The lowest BCUT2D eigenvalue weighted by atomic mass is 10.2. The molecule has 5 nitrogen and oxygen atoms in total. The first-order chi connectivity index (χ1) is 12.9. The molecule has 1 fully saturated rings. The van der Waals surface area contributed by atoms with Crippen molar-refractivity contribution in [1.29, 1.82) is 0 Å². The van der Waals surface area contributed by atoms with Crippen molar-refractivity contribution in [3.63, 3.8) is 0 Å². The van der Waals surface area contributed by atoms with Gasteiger partial charge in [-0.3, -0.25) is 9.10 Å². The van der Waals surface area contributed by atoms with E-state index >= 15 is 0 Å². The van der Waals surface area contributed by atoms with E-state index in [-0.39, 0.29) is 23.4 Å². The minimum Gasteiger partial charge on any atom is -0.341 e. The molecule has 0 aromatic heterocycles. The Kier molecular flexibility index (Phi) is 6.07. The van der Waals surface area contributed by atoms with Crippen LogP contribution in [0.3, 0.4) is 0 Å². The molecule has 0 unspecified atom stereocenters. The maximum absolute atomic E-state index is 13.2. The molecule has 144 valence electrons. The zero-order chi connectivity index (χ0) is 19.4. The summed E-state index contributed by atoms with van der Waals surface area (Å²) >= 11 is 5.95. The summed E-state index contributed by atoms with van der Waals surface area (Å²) in [6, 6.07) is 14.8. The van der Waals surface area contributed by atoms with E-state index in [1.807, 2.05) is 0 Å². The van der Waals surface area contributed by atoms with Gasteiger partial charge >= 0.3 is 0 Å². The number of nitrogens with zero attached hydrogens (tertiary/aromatic N) is 2. The summed E-state index contributed by atoms with van der Waals surface area (Å²) in [7, 11) is -2.12. The molecule has 0 atom stereocenters. The molecule has 3 rings (SSSR count). The number of sulfonamides is 1. The fourth-order valence-electron chi connectivity index (χ4n) is 3.37. The van der Waals surface area contributed by atoms with E-state index in [1.165, 1.54) is 12.1 Å². The van der Waals surface area contributed by atoms with E-state index in [1.54, 1.807) is 54.4 Å².